The van der Waals surface area contributed by atoms with Gasteiger partial charge in [0, 0.05) is 17.8 Å². The Bertz CT molecular complexity index is 310. The maximum absolute atomic E-state index is 12.7. The average Bonchev–Trinajstić information content (AvgIpc) is 2.25. The molecule has 0 aromatic heterocycles. The third-order valence-electron chi connectivity index (χ3n) is 3.02. The van der Waals surface area contributed by atoms with Crippen molar-refractivity contribution in [2.75, 3.05) is 5.32 Å². The van der Waals surface area contributed by atoms with Gasteiger partial charge in [0.05, 0.1) is 0 Å². The van der Waals surface area contributed by atoms with Crippen LogP contribution in [0.4, 0.5) is 10.1 Å². The maximum Gasteiger partial charge on any atom is 0.123 e. The quantitative estimate of drug-likeness (QED) is 0.783. The first-order valence-corrected chi connectivity index (χ1v) is 5.53. The fourth-order valence-electron chi connectivity index (χ4n) is 2.10. The monoisotopic (exact) mass is 208 g/mol. The van der Waals surface area contributed by atoms with Crippen molar-refractivity contribution in [3.05, 3.63) is 30.1 Å². The Morgan fingerprint density at radius 2 is 1.80 bits per heavy atom. The summed E-state index contributed by atoms with van der Waals surface area (Å²) in [6, 6.07) is 7.02. The summed E-state index contributed by atoms with van der Waals surface area (Å²) in [6.45, 7) is 0. The van der Waals surface area contributed by atoms with E-state index in [0.29, 0.717) is 6.04 Å². The second kappa shape index (κ2) is 4.62. The number of halogens is 1. The zero-order valence-corrected chi connectivity index (χ0v) is 8.75. The second-order valence-electron chi connectivity index (χ2n) is 4.21. The molecule has 1 aliphatic carbocycles. The predicted molar refractivity (Wildman–Crippen MR) is 60.3 cm³/mol. The molecule has 1 aromatic carbocycles. The van der Waals surface area contributed by atoms with E-state index in [1.54, 1.807) is 12.1 Å². The molecule has 2 nitrogen and oxygen atoms in total. The molecule has 82 valence electrons. The molecule has 2 rings (SSSR count). The standard InChI is InChI=1S/C12H17FN2/c13-9-5-7-10(8-6-9)15-12-4-2-1-3-11(12)14/h5-8,11-12,15H,1-4,14H2. The lowest BCUT2D eigenvalue weighted by Gasteiger charge is -2.30. The van der Waals surface area contributed by atoms with Crippen LogP contribution in [0.5, 0.6) is 0 Å². The van der Waals surface area contributed by atoms with Crippen LogP contribution in [0.15, 0.2) is 24.3 Å². The van der Waals surface area contributed by atoms with Gasteiger partial charge in [-0.25, -0.2) is 4.39 Å². The van der Waals surface area contributed by atoms with Gasteiger partial charge in [-0.2, -0.15) is 0 Å². The molecule has 1 aliphatic rings. The molecule has 1 saturated carbocycles. The minimum Gasteiger partial charge on any atom is -0.381 e. The van der Waals surface area contributed by atoms with Crippen molar-refractivity contribution in [3.8, 4) is 0 Å². The lowest BCUT2D eigenvalue weighted by Crippen LogP contribution is -2.42. The van der Waals surface area contributed by atoms with Crippen LogP contribution in [-0.2, 0) is 0 Å². The van der Waals surface area contributed by atoms with Crippen molar-refractivity contribution < 1.29 is 4.39 Å². The smallest absolute Gasteiger partial charge is 0.123 e. The van der Waals surface area contributed by atoms with E-state index in [0.717, 1.165) is 18.5 Å². The van der Waals surface area contributed by atoms with Crippen LogP contribution in [0.25, 0.3) is 0 Å². The summed E-state index contributed by atoms with van der Waals surface area (Å²) in [5, 5.41) is 3.37. The summed E-state index contributed by atoms with van der Waals surface area (Å²) in [4.78, 5) is 0. The summed E-state index contributed by atoms with van der Waals surface area (Å²) in [6.07, 6.45) is 4.65. The Morgan fingerprint density at radius 1 is 1.13 bits per heavy atom. The molecule has 0 amide bonds. The van der Waals surface area contributed by atoms with Gasteiger partial charge in [-0.1, -0.05) is 12.8 Å². The summed E-state index contributed by atoms with van der Waals surface area (Å²) >= 11 is 0. The van der Waals surface area contributed by atoms with Crippen molar-refractivity contribution in [1.29, 1.82) is 0 Å². The molecule has 0 saturated heterocycles. The van der Waals surface area contributed by atoms with Gasteiger partial charge in [0.15, 0.2) is 0 Å². The molecule has 1 fully saturated rings. The highest BCUT2D eigenvalue weighted by Gasteiger charge is 2.21. The molecule has 1 aromatic rings. The van der Waals surface area contributed by atoms with Crippen molar-refractivity contribution in [2.24, 2.45) is 5.73 Å². The minimum atomic E-state index is -0.200. The number of rotatable bonds is 2. The van der Waals surface area contributed by atoms with Gasteiger partial charge in [-0.15, -0.1) is 0 Å². The normalized spacial score (nSPS) is 26.3. The first kappa shape index (κ1) is 10.4. The topological polar surface area (TPSA) is 38.0 Å². The Balaban J connectivity index is 1.98. The Morgan fingerprint density at radius 3 is 2.47 bits per heavy atom. The van der Waals surface area contributed by atoms with Crippen LogP contribution in [0.1, 0.15) is 25.7 Å². The predicted octanol–water partition coefficient (Wildman–Crippen LogP) is 2.51. The molecule has 2 unspecified atom stereocenters. The lowest BCUT2D eigenvalue weighted by molar-refractivity contribution is 0.404. The Hall–Kier alpha value is -1.09. The molecular weight excluding hydrogens is 191 g/mol. The molecule has 0 spiro atoms. The van der Waals surface area contributed by atoms with E-state index >= 15 is 0 Å². The summed E-state index contributed by atoms with van der Waals surface area (Å²) in [5.41, 5.74) is 6.98. The molecule has 15 heavy (non-hydrogen) atoms. The van der Waals surface area contributed by atoms with Crippen molar-refractivity contribution in [3.63, 3.8) is 0 Å². The van der Waals surface area contributed by atoms with Gasteiger partial charge in [0.1, 0.15) is 5.82 Å². The number of hydrogen-bond donors (Lipinski definition) is 2. The summed E-state index contributed by atoms with van der Waals surface area (Å²) in [7, 11) is 0. The fraction of sp³-hybridized carbons (Fsp3) is 0.500. The molecule has 3 heteroatoms. The van der Waals surface area contributed by atoms with Crippen LogP contribution >= 0.6 is 0 Å². The van der Waals surface area contributed by atoms with Crippen LogP contribution < -0.4 is 11.1 Å². The largest absolute Gasteiger partial charge is 0.381 e. The van der Waals surface area contributed by atoms with Gasteiger partial charge in [0.2, 0.25) is 0 Å². The van der Waals surface area contributed by atoms with Gasteiger partial charge < -0.3 is 11.1 Å². The van der Waals surface area contributed by atoms with Crippen LogP contribution in [0, 0.1) is 5.82 Å². The number of anilines is 1. The number of nitrogens with one attached hydrogen (secondary N) is 1. The zero-order valence-electron chi connectivity index (χ0n) is 8.75. The highest BCUT2D eigenvalue weighted by Crippen LogP contribution is 2.21. The van der Waals surface area contributed by atoms with Gasteiger partial charge >= 0.3 is 0 Å². The first-order chi connectivity index (χ1) is 7.25. The van der Waals surface area contributed by atoms with E-state index in [9.17, 15) is 4.39 Å². The highest BCUT2D eigenvalue weighted by molar-refractivity contribution is 5.44. The van der Waals surface area contributed by atoms with E-state index in [1.807, 2.05) is 0 Å². The van der Waals surface area contributed by atoms with E-state index in [-0.39, 0.29) is 11.9 Å². The van der Waals surface area contributed by atoms with Crippen LogP contribution in [0.2, 0.25) is 0 Å². The Labute approximate surface area is 89.7 Å². The van der Waals surface area contributed by atoms with E-state index in [4.69, 9.17) is 5.73 Å². The molecule has 2 atom stereocenters. The molecule has 0 bridgehead atoms. The summed E-state index contributed by atoms with van der Waals surface area (Å²) in [5.74, 6) is -0.200. The third kappa shape index (κ3) is 2.69. The average molecular weight is 208 g/mol. The molecular formula is C12H17FN2. The van der Waals surface area contributed by atoms with E-state index in [1.165, 1.54) is 25.0 Å². The van der Waals surface area contributed by atoms with Gasteiger partial charge in [0.25, 0.3) is 0 Å². The third-order valence-corrected chi connectivity index (χ3v) is 3.02. The first-order valence-electron chi connectivity index (χ1n) is 5.53. The number of hydrogen-bond acceptors (Lipinski definition) is 2. The Kier molecular flexibility index (Phi) is 3.21. The van der Waals surface area contributed by atoms with E-state index in [2.05, 4.69) is 5.32 Å². The number of nitrogens with two attached hydrogens (primary N) is 1. The summed E-state index contributed by atoms with van der Waals surface area (Å²) < 4.78 is 12.7. The highest BCUT2D eigenvalue weighted by atomic mass is 19.1. The molecule has 0 aliphatic heterocycles. The van der Waals surface area contributed by atoms with Crippen molar-refractivity contribution in [2.45, 2.75) is 37.8 Å². The maximum atomic E-state index is 12.7. The van der Waals surface area contributed by atoms with Crippen molar-refractivity contribution in [1.82, 2.24) is 0 Å². The molecule has 0 heterocycles. The van der Waals surface area contributed by atoms with Crippen molar-refractivity contribution >= 4 is 5.69 Å². The fourth-order valence-corrected chi connectivity index (χ4v) is 2.10. The molecule has 3 N–H and O–H groups in total. The minimum absolute atomic E-state index is 0.200. The zero-order chi connectivity index (χ0) is 10.7. The van der Waals surface area contributed by atoms with E-state index < -0.39 is 0 Å². The van der Waals surface area contributed by atoms with Crippen LogP contribution in [-0.4, -0.2) is 12.1 Å². The lowest BCUT2D eigenvalue weighted by atomic mass is 9.91. The van der Waals surface area contributed by atoms with Gasteiger partial charge in [-0.05, 0) is 37.1 Å². The number of benzene rings is 1. The van der Waals surface area contributed by atoms with Gasteiger partial charge in [-0.3, -0.25) is 0 Å². The SMILES string of the molecule is NC1CCCCC1Nc1ccc(F)cc1. The second-order valence-corrected chi connectivity index (χ2v) is 4.21. The molecule has 0 radical (unpaired) electrons. The van der Waals surface area contributed by atoms with Crippen LogP contribution in [0.3, 0.4) is 0 Å².